The Morgan fingerprint density at radius 1 is 1.05 bits per heavy atom. The summed E-state index contributed by atoms with van der Waals surface area (Å²) in [5.41, 5.74) is 2.79. The summed E-state index contributed by atoms with van der Waals surface area (Å²) in [7, 11) is 0. The number of fused-ring (bicyclic) bond motifs is 1. The van der Waals surface area contributed by atoms with Crippen molar-refractivity contribution in [1.29, 1.82) is 0 Å². The monoisotopic (exact) mass is 302 g/mol. The molecule has 20 heavy (non-hydrogen) atoms. The Kier molecular flexibility index (Phi) is 3.54. The molecule has 0 aliphatic carbocycles. The van der Waals surface area contributed by atoms with Crippen LogP contribution in [0.15, 0.2) is 48.7 Å². The molecule has 0 atom stereocenters. The number of halogens is 1. The first-order valence-corrected chi connectivity index (χ1v) is 6.76. The second-order valence-electron chi connectivity index (χ2n) is 4.26. The topological polar surface area (TPSA) is 52.7 Å². The van der Waals surface area contributed by atoms with Crippen LogP contribution in [0, 0.1) is 0 Å². The highest BCUT2D eigenvalue weighted by atomic mass is 35.5. The van der Waals surface area contributed by atoms with Gasteiger partial charge in [0.25, 0.3) is 0 Å². The number of aromatic nitrogens is 2. The van der Waals surface area contributed by atoms with E-state index in [2.05, 4.69) is 20.8 Å². The average Bonchev–Trinajstić information content (AvgIpc) is 2.89. The van der Waals surface area contributed by atoms with Gasteiger partial charge in [-0.25, -0.2) is 0 Å². The number of aromatic amines is 1. The summed E-state index contributed by atoms with van der Waals surface area (Å²) in [4.78, 5) is 0. The highest BCUT2D eigenvalue weighted by molar-refractivity contribution is 7.80. The smallest absolute Gasteiger partial charge is 0.175 e. The van der Waals surface area contributed by atoms with Gasteiger partial charge in [0.15, 0.2) is 5.11 Å². The van der Waals surface area contributed by atoms with Crippen molar-refractivity contribution in [3.05, 3.63) is 53.7 Å². The third kappa shape index (κ3) is 2.89. The molecule has 3 aromatic rings. The summed E-state index contributed by atoms with van der Waals surface area (Å²) < 4.78 is 0. The Balaban J connectivity index is 1.70. The van der Waals surface area contributed by atoms with Crippen molar-refractivity contribution in [3.63, 3.8) is 0 Å². The lowest BCUT2D eigenvalue weighted by molar-refractivity contribution is 1.12. The van der Waals surface area contributed by atoms with E-state index in [9.17, 15) is 0 Å². The van der Waals surface area contributed by atoms with Gasteiger partial charge in [0.1, 0.15) is 0 Å². The van der Waals surface area contributed by atoms with Gasteiger partial charge in [-0.2, -0.15) is 5.10 Å². The number of benzene rings is 2. The van der Waals surface area contributed by atoms with E-state index in [0.717, 1.165) is 22.3 Å². The Morgan fingerprint density at radius 3 is 2.55 bits per heavy atom. The molecule has 0 spiro atoms. The molecule has 0 bridgehead atoms. The molecule has 0 aliphatic heterocycles. The van der Waals surface area contributed by atoms with Crippen LogP contribution in [0.3, 0.4) is 0 Å². The Hall–Kier alpha value is -2.11. The summed E-state index contributed by atoms with van der Waals surface area (Å²) in [6, 6.07) is 13.2. The first kappa shape index (κ1) is 12.9. The molecule has 2 aromatic carbocycles. The summed E-state index contributed by atoms with van der Waals surface area (Å²) in [6.45, 7) is 0. The zero-order chi connectivity index (χ0) is 13.9. The van der Waals surface area contributed by atoms with Gasteiger partial charge in [-0.15, -0.1) is 0 Å². The second-order valence-corrected chi connectivity index (χ2v) is 5.10. The van der Waals surface area contributed by atoms with Gasteiger partial charge >= 0.3 is 0 Å². The van der Waals surface area contributed by atoms with Crippen molar-refractivity contribution in [2.45, 2.75) is 0 Å². The third-order valence-electron chi connectivity index (χ3n) is 2.80. The molecule has 3 rings (SSSR count). The third-order valence-corrected chi connectivity index (χ3v) is 3.26. The average molecular weight is 303 g/mol. The van der Waals surface area contributed by atoms with Gasteiger partial charge in [-0.05, 0) is 54.7 Å². The van der Waals surface area contributed by atoms with Crippen LogP contribution in [0.4, 0.5) is 11.4 Å². The molecule has 0 saturated carbocycles. The van der Waals surface area contributed by atoms with Crippen LogP contribution >= 0.6 is 23.8 Å². The number of H-pyrrole nitrogens is 1. The van der Waals surface area contributed by atoms with E-state index in [-0.39, 0.29) is 0 Å². The van der Waals surface area contributed by atoms with Gasteiger partial charge in [-0.1, -0.05) is 11.6 Å². The first-order chi connectivity index (χ1) is 9.70. The minimum Gasteiger partial charge on any atom is -0.332 e. The molecular formula is C14H11ClN4S. The largest absolute Gasteiger partial charge is 0.332 e. The van der Waals surface area contributed by atoms with Crippen molar-refractivity contribution in [1.82, 2.24) is 10.2 Å². The van der Waals surface area contributed by atoms with Gasteiger partial charge in [0.05, 0.1) is 11.7 Å². The Morgan fingerprint density at radius 2 is 1.75 bits per heavy atom. The summed E-state index contributed by atoms with van der Waals surface area (Å²) in [5.74, 6) is 0. The molecule has 0 radical (unpaired) electrons. The van der Waals surface area contributed by atoms with Crippen molar-refractivity contribution < 1.29 is 0 Å². The van der Waals surface area contributed by atoms with E-state index >= 15 is 0 Å². The fraction of sp³-hybridized carbons (Fsp3) is 0. The fourth-order valence-corrected chi connectivity index (χ4v) is 2.21. The molecule has 3 N–H and O–H groups in total. The minimum absolute atomic E-state index is 0.523. The van der Waals surface area contributed by atoms with Crippen LogP contribution in [-0.4, -0.2) is 15.3 Å². The maximum Gasteiger partial charge on any atom is 0.175 e. The maximum absolute atomic E-state index is 5.84. The number of nitrogens with zero attached hydrogens (tertiary/aromatic N) is 1. The van der Waals surface area contributed by atoms with Gasteiger partial charge in [-0.3, -0.25) is 5.10 Å². The first-order valence-electron chi connectivity index (χ1n) is 5.97. The molecular weight excluding hydrogens is 292 g/mol. The van der Waals surface area contributed by atoms with Gasteiger partial charge < -0.3 is 10.6 Å². The number of hydrogen-bond donors (Lipinski definition) is 3. The fourth-order valence-electron chi connectivity index (χ4n) is 1.85. The molecule has 0 aliphatic rings. The van der Waals surface area contributed by atoms with Crippen molar-refractivity contribution in [2.75, 3.05) is 10.6 Å². The van der Waals surface area contributed by atoms with Crippen molar-refractivity contribution in [3.8, 4) is 0 Å². The van der Waals surface area contributed by atoms with Crippen LogP contribution in [0.2, 0.25) is 5.02 Å². The minimum atomic E-state index is 0.523. The molecule has 100 valence electrons. The number of hydrogen-bond acceptors (Lipinski definition) is 2. The lowest BCUT2D eigenvalue weighted by Crippen LogP contribution is -2.18. The SMILES string of the molecule is S=C(Nc1ccc(Cl)cc1)Nc1ccc2[nH]ncc2c1. The number of anilines is 2. The molecule has 6 heteroatoms. The quantitative estimate of drug-likeness (QED) is 0.626. The van der Waals surface area contributed by atoms with Gasteiger partial charge in [0.2, 0.25) is 0 Å². The number of nitrogens with one attached hydrogen (secondary N) is 3. The van der Waals surface area contributed by atoms with E-state index in [0.29, 0.717) is 10.1 Å². The Labute approximate surface area is 126 Å². The van der Waals surface area contributed by atoms with E-state index in [1.165, 1.54) is 0 Å². The lowest BCUT2D eigenvalue weighted by atomic mass is 10.2. The molecule has 4 nitrogen and oxygen atoms in total. The van der Waals surface area contributed by atoms with E-state index in [1.807, 2.05) is 42.5 Å². The summed E-state index contributed by atoms with van der Waals surface area (Å²) in [5, 5.41) is 15.4. The van der Waals surface area contributed by atoms with Crippen LogP contribution in [0.5, 0.6) is 0 Å². The van der Waals surface area contributed by atoms with E-state index in [1.54, 1.807) is 6.20 Å². The Bertz CT molecular complexity index is 751. The van der Waals surface area contributed by atoms with E-state index in [4.69, 9.17) is 23.8 Å². The molecule has 0 unspecified atom stereocenters. The second kappa shape index (κ2) is 5.48. The molecule has 1 aromatic heterocycles. The van der Waals surface area contributed by atoms with Crippen LogP contribution in [0.25, 0.3) is 10.9 Å². The maximum atomic E-state index is 5.84. The van der Waals surface area contributed by atoms with Crippen LogP contribution in [-0.2, 0) is 0 Å². The lowest BCUT2D eigenvalue weighted by Gasteiger charge is -2.10. The highest BCUT2D eigenvalue weighted by Gasteiger charge is 2.01. The zero-order valence-electron chi connectivity index (χ0n) is 10.4. The van der Waals surface area contributed by atoms with Crippen LogP contribution < -0.4 is 10.6 Å². The summed E-state index contributed by atoms with van der Waals surface area (Å²) >= 11 is 11.1. The normalized spacial score (nSPS) is 10.4. The molecule has 0 amide bonds. The van der Waals surface area contributed by atoms with Crippen molar-refractivity contribution >= 4 is 51.2 Å². The highest BCUT2D eigenvalue weighted by Crippen LogP contribution is 2.18. The van der Waals surface area contributed by atoms with Crippen LogP contribution in [0.1, 0.15) is 0 Å². The predicted octanol–water partition coefficient (Wildman–Crippen LogP) is 4.03. The van der Waals surface area contributed by atoms with E-state index < -0.39 is 0 Å². The number of thiocarbonyl (C=S) groups is 1. The predicted molar refractivity (Wildman–Crippen MR) is 87.4 cm³/mol. The standard InChI is InChI=1S/C14H11ClN4S/c15-10-1-3-11(4-2-10)17-14(20)18-12-5-6-13-9(7-12)8-16-19-13/h1-8H,(H,16,19)(H2,17,18,20). The molecule has 0 saturated heterocycles. The summed E-state index contributed by atoms with van der Waals surface area (Å²) in [6.07, 6.45) is 1.77. The molecule has 0 fully saturated rings. The zero-order valence-corrected chi connectivity index (χ0v) is 11.9. The van der Waals surface area contributed by atoms with Crippen molar-refractivity contribution in [2.24, 2.45) is 0 Å². The molecule has 1 heterocycles. The number of rotatable bonds is 2. The van der Waals surface area contributed by atoms with Gasteiger partial charge in [0, 0.05) is 21.8 Å².